The first-order chi connectivity index (χ1) is 15.1. The summed E-state index contributed by atoms with van der Waals surface area (Å²) in [6.45, 7) is 3.84. The number of thioether (sulfide) groups is 1. The van der Waals surface area contributed by atoms with Crippen LogP contribution in [0.3, 0.4) is 0 Å². The Bertz CT molecular complexity index is 1060. The van der Waals surface area contributed by atoms with Gasteiger partial charge in [0.25, 0.3) is 11.8 Å². The molecule has 0 fully saturated rings. The monoisotopic (exact) mass is 433 g/mol. The summed E-state index contributed by atoms with van der Waals surface area (Å²) in [7, 11) is 0. The highest BCUT2D eigenvalue weighted by atomic mass is 32.2. The number of hydrogen-bond donors (Lipinski definition) is 3. The highest BCUT2D eigenvalue weighted by Crippen LogP contribution is 2.13. The molecule has 0 unspecified atom stereocenters. The van der Waals surface area contributed by atoms with Crippen molar-refractivity contribution in [2.24, 2.45) is 10.1 Å². The average Bonchev–Trinajstić information content (AvgIpc) is 2.79. The molecule has 1 aliphatic heterocycles. The molecule has 1 aliphatic rings. The first-order valence-electron chi connectivity index (χ1n) is 9.73. The fourth-order valence-corrected chi connectivity index (χ4v) is 3.15. The Kier molecular flexibility index (Phi) is 7.78. The van der Waals surface area contributed by atoms with Gasteiger partial charge in [-0.3, -0.25) is 15.0 Å². The molecule has 0 aliphatic carbocycles. The van der Waals surface area contributed by atoms with Gasteiger partial charge >= 0.3 is 0 Å². The largest absolute Gasteiger partial charge is 0.321 e. The van der Waals surface area contributed by atoms with E-state index in [0.29, 0.717) is 27.8 Å². The zero-order valence-electron chi connectivity index (χ0n) is 17.3. The minimum Gasteiger partial charge on any atom is -0.321 e. The van der Waals surface area contributed by atoms with Crippen LogP contribution in [0.1, 0.15) is 24.2 Å². The number of rotatable bonds is 6. The van der Waals surface area contributed by atoms with E-state index in [2.05, 4.69) is 26.2 Å². The number of amides is 2. The molecule has 1 heterocycles. The van der Waals surface area contributed by atoms with E-state index in [4.69, 9.17) is 0 Å². The predicted molar refractivity (Wildman–Crippen MR) is 127 cm³/mol. The topological polar surface area (TPSA) is 95.0 Å². The second kappa shape index (κ2) is 10.9. The van der Waals surface area contributed by atoms with Crippen LogP contribution in [0.4, 0.5) is 5.69 Å². The highest BCUT2D eigenvalue weighted by Gasteiger charge is 2.15. The Morgan fingerprint density at radius 1 is 1.06 bits per heavy atom. The Hall–Kier alpha value is -3.65. The molecule has 3 N–H and O–H groups in total. The van der Waals surface area contributed by atoms with Gasteiger partial charge in [-0.2, -0.15) is 5.10 Å². The molecule has 2 aromatic rings. The fourth-order valence-electron chi connectivity index (χ4n) is 2.60. The molecule has 0 radical (unpaired) electrons. The van der Waals surface area contributed by atoms with E-state index in [1.807, 2.05) is 38.1 Å². The van der Waals surface area contributed by atoms with E-state index in [9.17, 15) is 9.59 Å². The van der Waals surface area contributed by atoms with Gasteiger partial charge in [0.05, 0.1) is 11.4 Å². The summed E-state index contributed by atoms with van der Waals surface area (Å²) in [5.41, 5.74) is 5.34. The van der Waals surface area contributed by atoms with Gasteiger partial charge in [0.2, 0.25) is 0 Å². The maximum atomic E-state index is 12.9. The number of carbonyl (C=O) groups excluding carboxylic acids is 2. The number of carbonyl (C=O) groups is 2. The number of hydrazone groups is 1. The lowest BCUT2D eigenvalue weighted by molar-refractivity contribution is -0.113. The summed E-state index contributed by atoms with van der Waals surface area (Å²) < 4.78 is 0. The Labute approximate surface area is 185 Å². The first kappa shape index (κ1) is 22.0. The zero-order valence-corrected chi connectivity index (χ0v) is 18.1. The fraction of sp³-hybridized carbons (Fsp3) is 0.130. The number of allylic oxidation sites excluding steroid dienone is 3. The Morgan fingerprint density at radius 3 is 2.42 bits per heavy atom. The molecule has 31 heavy (non-hydrogen) atoms. The third-order valence-electron chi connectivity index (χ3n) is 4.16. The normalized spacial score (nSPS) is 14.9. The number of nitrogens with zero attached hydrogens (tertiary/aromatic N) is 2. The van der Waals surface area contributed by atoms with E-state index in [0.717, 1.165) is 5.75 Å². The number of aliphatic imine (C=N–C) groups is 1. The maximum Gasteiger partial charge on any atom is 0.272 e. The van der Waals surface area contributed by atoms with Gasteiger partial charge in [0.15, 0.2) is 5.17 Å². The van der Waals surface area contributed by atoms with Gasteiger partial charge in [-0.15, -0.1) is 0 Å². The van der Waals surface area contributed by atoms with Crippen LogP contribution in [0.15, 0.2) is 94.3 Å². The molecule has 0 atom stereocenters. The van der Waals surface area contributed by atoms with E-state index in [-0.39, 0.29) is 11.6 Å². The second-order valence-corrected chi connectivity index (χ2v) is 7.68. The molecule has 0 bridgehead atoms. The summed E-state index contributed by atoms with van der Waals surface area (Å²) in [5, 5.41) is 10.4. The van der Waals surface area contributed by atoms with E-state index < -0.39 is 5.91 Å². The second-order valence-electron chi connectivity index (χ2n) is 6.43. The van der Waals surface area contributed by atoms with Gasteiger partial charge in [-0.1, -0.05) is 55.1 Å². The van der Waals surface area contributed by atoms with Crippen LogP contribution >= 0.6 is 11.8 Å². The van der Waals surface area contributed by atoms with Crippen LogP contribution in [0, 0.1) is 0 Å². The minimum atomic E-state index is -0.442. The number of anilines is 1. The third kappa shape index (κ3) is 6.42. The lowest BCUT2D eigenvalue weighted by atomic mass is 10.2. The van der Waals surface area contributed by atoms with Crippen LogP contribution < -0.4 is 16.1 Å². The molecule has 2 aromatic carbocycles. The molecule has 3 rings (SSSR count). The van der Waals surface area contributed by atoms with Crippen molar-refractivity contribution in [2.75, 3.05) is 11.1 Å². The van der Waals surface area contributed by atoms with Crippen LogP contribution in [0.2, 0.25) is 0 Å². The van der Waals surface area contributed by atoms with Crippen LogP contribution in [-0.4, -0.2) is 28.4 Å². The molecular formula is C23H23N5O2S. The first-order valence-corrected chi connectivity index (χ1v) is 10.7. The lowest BCUT2D eigenvalue weighted by Gasteiger charge is -2.13. The predicted octanol–water partition coefficient (Wildman–Crippen LogP) is 3.91. The average molecular weight is 434 g/mol. The summed E-state index contributed by atoms with van der Waals surface area (Å²) in [6.07, 6.45) is 3.21. The molecule has 0 aromatic heterocycles. The van der Waals surface area contributed by atoms with Gasteiger partial charge in [-0.05, 0) is 49.1 Å². The molecule has 7 nitrogen and oxygen atoms in total. The Balaban J connectivity index is 1.88. The van der Waals surface area contributed by atoms with E-state index in [1.54, 1.807) is 42.5 Å². The Morgan fingerprint density at radius 2 is 1.74 bits per heavy atom. The highest BCUT2D eigenvalue weighted by molar-refractivity contribution is 8.13. The van der Waals surface area contributed by atoms with Crippen molar-refractivity contribution in [2.45, 2.75) is 13.8 Å². The van der Waals surface area contributed by atoms with Crippen molar-refractivity contribution in [3.8, 4) is 0 Å². The molecule has 158 valence electrons. The summed E-state index contributed by atoms with van der Waals surface area (Å²) in [6, 6.07) is 17.8. The standard InChI is InChI=1S/C23H23N5O2S/c1-3-31-23-26-19(16(2)27-28-23)14-15-20(22(30)24-18-12-8-5-9-13-18)25-21(29)17-10-6-4-7-11-17/h4-15H,3H2,1-2H3,(H,24,30)(H,25,29)(H,26,28)/b19-14-,20-15-. The molecular weight excluding hydrogens is 410 g/mol. The van der Waals surface area contributed by atoms with Crippen LogP contribution in [-0.2, 0) is 4.79 Å². The number of benzene rings is 2. The number of hydrogen-bond acceptors (Lipinski definition) is 6. The van der Waals surface area contributed by atoms with Crippen LogP contribution in [0.5, 0.6) is 0 Å². The van der Waals surface area contributed by atoms with Crippen molar-refractivity contribution in [3.63, 3.8) is 0 Å². The van der Waals surface area contributed by atoms with Crippen molar-refractivity contribution in [1.29, 1.82) is 0 Å². The van der Waals surface area contributed by atoms with Crippen molar-refractivity contribution < 1.29 is 9.59 Å². The summed E-state index contributed by atoms with van der Waals surface area (Å²) in [5.74, 6) is 0.0272. The zero-order chi connectivity index (χ0) is 22.1. The molecule has 0 spiro atoms. The molecule has 0 saturated carbocycles. The summed E-state index contributed by atoms with van der Waals surface area (Å²) in [4.78, 5) is 30.1. The van der Waals surface area contributed by atoms with Gasteiger partial charge in [0.1, 0.15) is 5.70 Å². The summed E-state index contributed by atoms with van der Waals surface area (Å²) >= 11 is 1.53. The molecule has 0 saturated heterocycles. The molecule has 8 heteroatoms. The van der Waals surface area contributed by atoms with Crippen molar-refractivity contribution in [3.05, 3.63) is 89.8 Å². The third-order valence-corrected chi connectivity index (χ3v) is 4.91. The van der Waals surface area contributed by atoms with Gasteiger partial charge < -0.3 is 10.6 Å². The van der Waals surface area contributed by atoms with E-state index >= 15 is 0 Å². The van der Waals surface area contributed by atoms with Gasteiger partial charge in [0, 0.05) is 11.3 Å². The van der Waals surface area contributed by atoms with E-state index in [1.165, 1.54) is 17.8 Å². The maximum absolute atomic E-state index is 12.9. The van der Waals surface area contributed by atoms with Gasteiger partial charge in [-0.25, -0.2) is 4.99 Å². The number of amidine groups is 1. The number of nitrogens with one attached hydrogen (secondary N) is 3. The quantitative estimate of drug-likeness (QED) is 0.602. The SMILES string of the molecule is CCSC1=N/C(=C\C=C(/NC(=O)c2ccccc2)C(=O)Nc2ccccc2)C(C)=NN1. The van der Waals surface area contributed by atoms with Crippen molar-refractivity contribution >= 4 is 40.1 Å². The van der Waals surface area contributed by atoms with Crippen molar-refractivity contribution in [1.82, 2.24) is 10.7 Å². The minimum absolute atomic E-state index is 0.0939. The van der Waals surface area contributed by atoms with Crippen LogP contribution in [0.25, 0.3) is 0 Å². The lowest BCUT2D eigenvalue weighted by Crippen LogP contribution is -2.30. The smallest absolute Gasteiger partial charge is 0.272 e. The number of para-hydroxylation sites is 1. The molecule has 2 amide bonds.